The van der Waals surface area contributed by atoms with E-state index in [-0.39, 0.29) is 0 Å². The van der Waals surface area contributed by atoms with Crippen molar-refractivity contribution >= 4 is 11.0 Å². The van der Waals surface area contributed by atoms with Gasteiger partial charge >= 0.3 is 0 Å². The number of hydrogen-bond donors (Lipinski definition) is 1. The molecule has 0 atom stereocenters. The molecule has 0 saturated heterocycles. The van der Waals surface area contributed by atoms with Crippen molar-refractivity contribution in [2.24, 2.45) is 0 Å². The average Bonchev–Trinajstić information content (AvgIpc) is 2.33. The van der Waals surface area contributed by atoms with Gasteiger partial charge in [-0.2, -0.15) is 4.39 Å². The molecule has 0 aliphatic carbocycles. The summed E-state index contributed by atoms with van der Waals surface area (Å²) in [5.41, 5.74) is 1.42. The van der Waals surface area contributed by atoms with Gasteiger partial charge in [-0.15, -0.1) is 0 Å². The Balaban J connectivity index is 2.86. The number of H-pyrrole nitrogens is 1. The van der Waals surface area contributed by atoms with Crippen molar-refractivity contribution in [2.75, 3.05) is 0 Å². The maximum atomic E-state index is 12.4. The topological polar surface area (TPSA) is 28.7 Å². The maximum absolute atomic E-state index is 12.4. The van der Waals surface area contributed by atoms with E-state index in [0.717, 1.165) is 5.52 Å². The number of halogens is 1. The molecule has 0 spiro atoms. The molecular weight excluding hydrogens is 131 g/mol. The number of fused-ring (bicyclic) bond motifs is 1. The van der Waals surface area contributed by atoms with E-state index in [1.807, 2.05) is 0 Å². The largest absolute Gasteiger partial charge is 0.352 e. The smallest absolute Gasteiger partial charge is 0.213 e. The van der Waals surface area contributed by atoms with Crippen LogP contribution in [0.2, 0.25) is 0 Å². The summed E-state index contributed by atoms with van der Waals surface area (Å²) in [5.74, 6) is -0.458. The van der Waals surface area contributed by atoms with Crippen LogP contribution in [0.4, 0.5) is 4.39 Å². The molecule has 0 unspecified atom stereocenters. The lowest BCUT2D eigenvalue weighted by atomic mass is 10.4. The number of aromatic nitrogens is 2. The molecule has 0 saturated carbocycles. The first kappa shape index (κ1) is 5.41. The molecule has 49 valence electrons. The zero-order chi connectivity index (χ0) is 6.97. The molecule has 3 heteroatoms. The first-order valence-electron chi connectivity index (χ1n) is 2.87. The Bertz CT molecular complexity index is 353. The third kappa shape index (κ3) is 0.673. The molecule has 0 aromatic carbocycles. The zero-order valence-electron chi connectivity index (χ0n) is 5.06. The van der Waals surface area contributed by atoms with Crippen molar-refractivity contribution in [3.8, 4) is 0 Å². The SMILES string of the molecule is Fc1ccc2[nH][c]cc2n1. The van der Waals surface area contributed by atoms with Crippen molar-refractivity contribution in [2.45, 2.75) is 0 Å². The molecule has 10 heavy (non-hydrogen) atoms. The van der Waals surface area contributed by atoms with Gasteiger partial charge < -0.3 is 4.98 Å². The molecule has 0 fully saturated rings. The molecule has 2 aromatic rings. The first-order valence-corrected chi connectivity index (χ1v) is 2.87. The summed E-state index contributed by atoms with van der Waals surface area (Å²) in [6.07, 6.45) is 2.71. The highest BCUT2D eigenvalue weighted by Gasteiger charge is 1.95. The van der Waals surface area contributed by atoms with Crippen LogP contribution in [0.15, 0.2) is 18.2 Å². The Labute approximate surface area is 56.7 Å². The summed E-state index contributed by atoms with van der Waals surface area (Å²) in [6, 6.07) is 4.55. The van der Waals surface area contributed by atoms with Crippen LogP contribution in [-0.2, 0) is 0 Å². The second-order valence-electron chi connectivity index (χ2n) is 1.98. The Morgan fingerprint density at radius 1 is 1.50 bits per heavy atom. The predicted molar refractivity (Wildman–Crippen MR) is 34.9 cm³/mol. The number of rotatable bonds is 0. The van der Waals surface area contributed by atoms with Crippen molar-refractivity contribution in [1.82, 2.24) is 9.97 Å². The van der Waals surface area contributed by atoms with Crippen LogP contribution in [0, 0.1) is 12.1 Å². The molecule has 2 aromatic heterocycles. The van der Waals surface area contributed by atoms with Crippen LogP contribution < -0.4 is 0 Å². The molecule has 0 aliphatic heterocycles. The van der Waals surface area contributed by atoms with Gasteiger partial charge in [0.25, 0.3) is 0 Å². The minimum Gasteiger partial charge on any atom is -0.352 e. The summed E-state index contributed by atoms with van der Waals surface area (Å²) in [7, 11) is 0. The maximum Gasteiger partial charge on any atom is 0.213 e. The van der Waals surface area contributed by atoms with Crippen LogP contribution in [0.25, 0.3) is 11.0 Å². The number of nitrogens with one attached hydrogen (secondary N) is 1. The van der Waals surface area contributed by atoms with Gasteiger partial charge in [-0.25, -0.2) is 4.98 Å². The molecule has 0 aliphatic rings. The molecule has 1 N–H and O–H groups in total. The average molecular weight is 135 g/mol. The molecule has 2 heterocycles. The van der Waals surface area contributed by atoms with E-state index in [9.17, 15) is 4.39 Å². The van der Waals surface area contributed by atoms with Gasteiger partial charge in [0.1, 0.15) is 0 Å². The van der Waals surface area contributed by atoms with E-state index in [1.54, 1.807) is 12.1 Å². The van der Waals surface area contributed by atoms with Crippen molar-refractivity contribution in [1.29, 1.82) is 0 Å². The van der Waals surface area contributed by atoms with E-state index in [1.165, 1.54) is 6.07 Å². The van der Waals surface area contributed by atoms with Gasteiger partial charge in [-0.3, -0.25) is 0 Å². The Morgan fingerprint density at radius 2 is 2.40 bits per heavy atom. The highest BCUT2D eigenvalue weighted by atomic mass is 19.1. The van der Waals surface area contributed by atoms with E-state index >= 15 is 0 Å². The monoisotopic (exact) mass is 135 g/mol. The van der Waals surface area contributed by atoms with Crippen LogP contribution in [0.1, 0.15) is 0 Å². The highest BCUT2D eigenvalue weighted by molar-refractivity contribution is 5.73. The third-order valence-corrected chi connectivity index (χ3v) is 1.31. The minimum absolute atomic E-state index is 0.458. The molecule has 2 rings (SSSR count). The van der Waals surface area contributed by atoms with Gasteiger partial charge in [0.2, 0.25) is 5.95 Å². The summed E-state index contributed by atoms with van der Waals surface area (Å²) in [4.78, 5) is 6.40. The lowest BCUT2D eigenvalue weighted by molar-refractivity contribution is 0.589. The van der Waals surface area contributed by atoms with E-state index in [2.05, 4.69) is 16.2 Å². The lowest BCUT2D eigenvalue weighted by Crippen LogP contribution is -1.79. The second-order valence-corrected chi connectivity index (χ2v) is 1.98. The van der Waals surface area contributed by atoms with E-state index in [0.29, 0.717) is 5.52 Å². The summed E-state index contributed by atoms with van der Waals surface area (Å²) < 4.78 is 12.4. The lowest BCUT2D eigenvalue weighted by Gasteiger charge is -1.86. The number of hydrogen-bond acceptors (Lipinski definition) is 1. The normalized spacial score (nSPS) is 10.5. The van der Waals surface area contributed by atoms with Gasteiger partial charge in [0.05, 0.1) is 17.2 Å². The molecule has 0 bridgehead atoms. The number of aromatic amines is 1. The van der Waals surface area contributed by atoms with Crippen molar-refractivity contribution in [3.63, 3.8) is 0 Å². The quantitative estimate of drug-likeness (QED) is 0.545. The first-order chi connectivity index (χ1) is 4.86. The Morgan fingerprint density at radius 3 is 3.30 bits per heavy atom. The molecule has 1 radical (unpaired) electrons. The predicted octanol–water partition coefficient (Wildman–Crippen LogP) is 1.50. The second kappa shape index (κ2) is 1.80. The van der Waals surface area contributed by atoms with E-state index in [4.69, 9.17) is 0 Å². The minimum atomic E-state index is -0.458. The summed E-state index contributed by atoms with van der Waals surface area (Å²) in [5, 5.41) is 0. The zero-order valence-corrected chi connectivity index (χ0v) is 5.06. The van der Waals surface area contributed by atoms with Crippen molar-refractivity contribution < 1.29 is 4.39 Å². The number of nitrogens with zero attached hydrogens (tertiary/aromatic N) is 1. The highest BCUT2D eigenvalue weighted by Crippen LogP contribution is 2.07. The van der Waals surface area contributed by atoms with Gasteiger partial charge in [0, 0.05) is 0 Å². The van der Waals surface area contributed by atoms with Gasteiger partial charge in [-0.1, -0.05) is 0 Å². The fourth-order valence-electron chi connectivity index (χ4n) is 0.848. The van der Waals surface area contributed by atoms with Gasteiger partial charge in [0.15, 0.2) is 0 Å². The van der Waals surface area contributed by atoms with Gasteiger partial charge in [-0.05, 0) is 18.2 Å². The Kier molecular flexibility index (Phi) is 0.974. The Hall–Kier alpha value is -1.38. The van der Waals surface area contributed by atoms with Crippen LogP contribution in [0.3, 0.4) is 0 Å². The summed E-state index contributed by atoms with van der Waals surface area (Å²) >= 11 is 0. The van der Waals surface area contributed by atoms with Crippen LogP contribution in [0.5, 0.6) is 0 Å². The molecule has 2 nitrogen and oxygen atoms in total. The van der Waals surface area contributed by atoms with Crippen molar-refractivity contribution in [3.05, 3.63) is 30.3 Å². The molecule has 0 amide bonds. The fourth-order valence-corrected chi connectivity index (χ4v) is 0.848. The number of pyridine rings is 1. The van der Waals surface area contributed by atoms with E-state index < -0.39 is 5.95 Å². The van der Waals surface area contributed by atoms with Crippen LogP contribution >= 0.6 is 0 Å². The third-order valence-electron chi connectivity index (χ3n) is 1.31. The summed E-state index contributed by atoms with van der Waals surface area (Å²) in [6.45, 7) is 0. The van der Waals surface area contributed by atoms with Crippen LogP contribution in [-0.4, -0.2) is 9.97 Å². The fraction of sp³-hybridized carbons (Fsp3) is 0. The molecular formula is C7H4FN2. The standard InChI is InChI=1S/C7H4FN2/c8-7-2-1-5-6(10-7)3-4-9-5/h1-3,9H.